The van der Waals surface area contributed by atoms with Gasteiger partial charge in [-0.1, -0.05) is 6.07 Å². The number of ether oxygens (including phenoxy) is 3. The lowest BCUT2D eigenvalue weighted by Crippen LogP contribution is -2.16. The predicted molar refractivity (Wildman–Crippen MR) is 129 cm³/mol. The minimum atomic E-state index is -3.52. The number of methoxy groups -OCH3 is 1. The van der Waals surface area contributed by atoms with Crippen molar-refractivity contribution in [1.82, 2.24) is 4.57 Å². The second-order valence-electron chi connectivity index (χ2n) is 7.27. The molecule has 1 N–H and O–H groups in total. The Hall–Kier alpha value is -3.79. The Bertz CT molecular complexity index is 1360. The summed E-state index contributed by atoms with van der Waals surface area (Å²) in [4.78, 5) is 24.2. The molecule has 0 atom stereocenters. The first-order chi connectivity index (χ1) is 16.2. The number of carbonyl (C=O) groups is 1. The third-order valence-corrected chi connectivity index (χ3v) is 6.21. The van der Waals surface area contributed by atoms with E-state index < -0.39 is 16.0 Å². The highest BCUT2D eigenvalue weighted by molar-refractivity contribution is 7.92. The molecule has 0 spiro atoms. The first-order valence-electron chi connectivity index (χ1n) is 10.5. The molecule has 0 bridgehead atoms. The molecule has 1 aromatic heterocycles. The summed E-state index contributed by atoms with van der Waals surface area (Å²) in [5, 5.41) is 0. The summed E-state index contributed by atoms with van der Waals surface area (Å²) in [6.07, 6.45) is 1.58. The predicted octanol–water partition coefficient (Wildman–Crippen LogP) is 3.79. The average Bonchev–Trinajstić information content (AvgIpc) is 2.81. The van der Waals surface area contributed by atoms with Crippen molar-refractivity contribution in [1.29, 1.82) is 0 Å². The van der Waals surface area contributed by atoms with Crippen molar-refractivity contribution in [3.63, 3.8) is 0 Å². The van der Waals surface area contributed by atoms with Gasteiger partial charge >= 0.3 is 5.97 Å². The van der Waals surface area contributed by atoms with Crippen LogP contribution < -0.4 is 19.8 Å². The van der Waals surface area contributed by atoms with Gasteiger partial charge in [0.2, 0.25) is 10.0 Å². The second kappa shape index (κ2) is 10.4. The van der Waals surface area contributed by atoms with Crippen molar-refractivity contribution in [3.05, 3.63) is 70.6 Å². The van der Waals surface area contributed by atoms with Crippen molar-refractivity contribution >= 4 is 21.7 Å². The number of nitrogens with one attached hydrogen (secondary N) is 1. The number of carbonyl (C=O) groups excluding carboxylic acids is 1. The lowest BCUT2D eigenvalue weighted by molar-refractivity contribution is 0.0526. The van der Waals surface area contributed by atoms with E-state index in [9.17, 15) is 18.0 Å². The molecular formula is C24H26N2O7S. The van der Waals surface area contributed by atoms with Crippen molar-refractivity contribution in [2.75, 3.05) is 24.2 Å². The van der Waals surface area contributed by atoms with Gasteiger partial charge < -0.3 is 18.8 Å². The fourth-order valence-corrected chi connectivity index (χ4v) is 3.79. The zero-order valence-electron chi connectivity index (χ0n) is 19.3. The van der Waals surface area contributed by atoms with Crippen LogP contribution in [-0.4, -0.2) is 38.4 Å². The summed E-state index contributed by atoms with van der Waals surface area (Å²) >= 11 is 0. The minimum absolute atomic E-state index is 0.0929. The highest BCUT2D eigenvalue weighted by atomic mass is 32.2. The van der Waals surface area contributed by atoms with Crippen LogP contribution in [0.2, 0.25) is 0 Å². The fourth-order valence-electron chi connectivity index (χ4n) is 3.16. The molecular weight excluding hydrogens is 460 g/mol. The van der Waals surface area contributed by atoms with Gasteiger partial charge in [0.25, 0.3) is 5.56 Å². The summed E-state index contributed by atoms with van der Waals surface area (Å²) in [5.74, 6) is 0.459. The van der Waals surface area contributed by atoms with Crippen LogP contribution in [0.1, 0.15) is 24.2 Å². The molecule has 34 heavy (non-hydrogen) atoms. The van der Waals surface area contributed by atoms with E-state index >= 15 is 0 Å². The molecule has 0 saturated heterocycles. The molecule has 0 aliphatic carbocycles. The number of esters is 1. The Morgan fingerprint density at radius 1 is 1.03 bits per heavy atom. The van der Waals surface area contributed by atoms with E-state index in [1.165, 1.54) is 24.7 Å². The molecule has 0 aliphatic heterocycles. The van der Waals surface area contributed by atoms with Crippen molar-refractivity contribution in [2.24, 2.45) is 7.05 Å². The molecule has 0 aliphatic rings. The van der Waals surface area contributed by atoms with E-state index in [1.807, 2.05) is 0 Å². The lowest BCUT2D eigenvalue weighted by atomic mass is 10.0. The summed E-state index contributed by atoms with van der Waals surface area (Å²) in [6, 6.07) is 12.6. The molecule has 0 unspecified atom stereocenters. The van der Waals surface area contributed by atoms with Gasteiger partial charge in [-0.05, 0) is 50.2 Å². The molecule has 3 rings (SSSR count). The van der Waals surface area contributed by atoms with Crippen LogP contribution in [0.5, 0.6) is 17.2 Å². The molecule has 0 amide bonds. The first-order valence-corrected chi connectivity index (χ1v) is 12.2. The fraction of sp³-hybridized carbons (Fsp3) is 0.250. The first kappa shape index (κ1) is 24.8. The summed E-state index contributed by atoms with van der Waals surface area (Å²) in [6.45, 7) is 3.50. The number of benzene rings is 2. The minimum Gasteiger partial charge on any atom is -0.496 e. The number of aromatic nitrogens is 1. The maximum atomic E-state index is 12.1. The Labute approximate surface area is 198 Å². The molecule has 0 fully saturated rings. The number of aryl methyl sites for hydroxylation is 1. The number of hydrogen-bond acceptors (Lipinski definition) is 7. The van der Waals surface area contributed by atoms with Crippen LogP contribution in [0.4, 0.5) is 5.69 Å². The van der Waals surface area contributed by atoms with Gasteiger partial charge in [-0.25, -0.2) is 13.2 Å². The number of sulfonamides is 1. The normalized spacial score (nSPS) is 11.1. The number of hydrogen-bond donors (Lipinski definition) is 1. The highest BCUT2D eigenvalue weighted by Crippen LogP contribution is 2.39. The maximum absolute atomic E-state index is 12.1. The standard InChI is InChI=1S/C24H26N2O7S/c1-5-32-24(28)16-8-7-9-18(12-16)33-21-11-10-17(25-34(29,30)6-2)13-19(21)20-15-26(3)23(27)14-22(20)31-4/h7-15,25H,5-6H2,1-4H3. The van der Waals surface area contributed by atoms with Crippen molar-refractivity contribution < 1.29 is 27.4 Å². The smallest absolute Gasteiger partial charge is 0.338 e. The Morgan fingerprint density at radius 3 is 2.47 bits per heavy atom. The van der Waals surface area contributed by atoms with Gasteiger partial charge in [0.05, 0.1) is 25.0 Å². The molecule has 0 saturated carbocycles. The van der Waals surface area contributed by atoms with E-state index in [2.05, 4.69) is 4.72 Å². The van der Waals surface area contributed by atoms with Crippen molar-refractivity contribution in [3.8, 4) is 28.4 Å². The topological polar surface area (TPSA) is 113 Å². The van der Waals surface area contributed by atoms with Crippen LogP contribution in [-0.2, 0) is 21.8 Å². The van der Waals surface area contributed by atoms with Gasteiger partial charge in [-0.2, -0.15) is 0 Å². The highest BCUT2D eigenvalue weighted by Gasteiger charge is 2.17. The van der Waals surface area contributed by atoms with Crippen molar-refractivity contribution in [2.45, 2.75) is 13.8 Å². The number of anilines is 1. The monoisotopic (exact) mass is 486 g/mol. The Balaban J connectivity index is 2.13. The van der Waals surface area contributed by atoms with Gasteiger partial charge in [0, 0.05) is 36.1 Å². The summed E-state index contributed by atoms with van der Waals surface area (Å²) < 4.78 is 44.7. The van der Waals surface area contributed by atoms with Crippen LogP contribution in [0, 0.1) is 0 Å². The van der Waals surface area contributed by atoms with Crippen LogP contribution in [0.25, 0.3) is 11.1 Å². The molecule has 10 heteroatoms. The second-order valence-corrected chi connectivity index (χ2v) is 9.28. The largest absolute Gasteiger partial charge is 0.496 e. The van der Waals surface area contributed by atoms with E-state index in [4.69, 9.17) is 14.2 Å². The Kier molecular flexibility index (Phi) is 7.62. The van der Waals surface area contributed by atoms with Crippen LogP contribution in [0.3, 0.4) is 0 Å². The third-order valence-electron chi connectivity index (χ3n) is 4.91. The molecule has 9 nitrogen and oxygen atoms in total. The van der Waals surface area contributed by atoms with E-state index in [-0.39, 0.29) is 17.9 Å². The quantitative estimate of drug-likeness (QED) is 0.458. The van der Waals surface area contributed by atoms with E-state index in [1.54, 1.807) is 62.6 Å². The molecule has 3 aromatic rings. The molecule has 1 heterocycles. The van der Waals surface area contributed by atoms with E-state index in [0.29, 0.717) is 39.6 Å². The van der Waals surface area contributed by atoms with Gasteiger partial charge in [0.15, 0.2) is 0 Å². The van der Waals surface area contributed by atoms with Crippen LogP contribution >= 0.6 is 0 Å². The summed E-state index contributed by atoms with van der Waals surface area (Å²) in [5.41, 5.74) is 1.37. The van der Waals surface area contributed by atoms with E-state index in [0.717, 1.165) is 0 Å². The third kappa shape index (κ3) is 5.76. The van der Waals surface area contributed by atoms with Gasteiger partial charge in [-0.15, -0.1) is 0 Å². The SMILES string of the molecule is CCOC(=O)c1cccc(Oc2ccc(NS(=O)(=O)CC)cc2-c2cn(C)c(=O)cc2OC)c1. The molecule has 0 radical (unpaired) electrons. The number of rotatable bonds is 9. The molecule has 2 aromatic carbocycles. The summed E-state index contributed by atoms with van der Waals surface area (Å²) in [7, 11) is -0.492. The zero-order valence-corrected chi connectivity index (χ0v) is 20.1. The Morgan fingerprint density at radius 2 is 1.79 bits per heavy atom. The zero-order chi connectivity index (χ0) is 24.9. The number of pyridine rings is 1. The molecule has 180 valence electrons. The lowest BCUT2D eigenvalue weighted by Gasteiger charge is -2.17. The van der Waals surface area contributed by atoms with Crippen LogP contribution in [0.15, 0.2) is 59.5 Å². The maximum Gasteiger partial charge on any atom is 0.338 e. The number of nitrogens with zero attached hydrogens (tertiary/aromatic N) is 1. The van der Waals surface area contributed by atoms with Gasteiger partial charge in [-0.3, -0.25) is 9.52 Å². The van der Waals surface area contributed by atoms with Gasteiger partial charge in [0.1, 0.15) is 17.2 Å². The average molecular weight is 487 g/mol.